The molecule has 0 aliphatic rings. The monoisotopic (exact) mass is 122 g/mol. The minimum absolute atomic E-state index is 1.04. The van der Waals surface area contributed by atoms with Crippen molar-refractivity contribution in [1.82, 2.24) is 0 Å². The van der Waals surface area contributed by atoms with E-state index in [1.54, 1.807) is 0 Å². The van der Waals surface area contributed by atoms with Gasteiger partial charge < -0.3 is 0 Å². The highest BCUT2D eigenvalue weighted by Crippen LogP contribution is 2.08. The molecule has 0 saturated heterocycles. The first-order valence-electron chi connectivity index (χ1n) is 3.20. The van der Waals surface area contributed by atoms with Crippen molar-refractivity contribution >= 4 is 0 Å². The van der Waals surface area contributed by atoms with Crippen molar-refractivity contribution in [3.63, 3.8) is 0 Å². The zero-order valence-corrected chi connectivity index (χ0v) is 6.28. The lowest BCUT2D eigenvalue weighted by Gasteiger charge is -1.98. The molecule has 0 nitrogen and oxygen atoms in total. The first kappa shape index (κ1) is 8.22. The van der Waals surface area contributed by atoms with Crippen molar-refractivity contribution in [2.24, 2.45) is 0 Å². The number of hydrogen-bond acceptors (Lipinski definition) is 0. The zero-order chi connectivity index (χ0) is 7.28. The smallest absolute Gasteiger partial charge is 0.0305 e. The first-order chi connectivity index (χ1) is 4.26. The Hall–Kier alpha value is -0.780. The predicted octanol–water partition coefficient (Wildman–Crippen LogP) is 3.08. The van der Waals surface area contributed by atoms with E-state index in [0.29, 0.717) is 0 Å². The molecule has 0 heterocycles. The number of hydrogen-bond donors (Lipinski definition) is 0. The fourth-order valence-corrected chi connectivity index (χ4v) is 0.715. The van der Waals surface area contributed by atoms with E-state index in [1.165, 1.54) is 11.1 Å². The predicted molar refractivity (Wildman–Crippen MR) is 43.4 cm³/mol. The molecule has 0 unspecified atom stereocenters. The molecule has 0 heteroatoms. The van der Waals surface area contributed by atoms with Gasteiger partial charge >= 0.3 is 0 Å². The van der Waals surface area contributed by atoms with E-state index in [-0.39, 0.29) is 0 Å². The zero-order valence-electron chi connectivity index (χ0n) is 6.28. The lowest BCUT2D eigenvalue weighted by Crippen LogP contribution is -1.77. The molecule has 0 atom stereocenters. The molecule has 9 heavy (non-hydrogen) atoms. The molecule has 0 fully saturated rings. The van der Waals surface area contributed by atoms with Crippen LogP contribution in [0.2, 0.25) is 0 Å². The van der Waals surface area contributed by atoms with Crippen LogP contribution in [0.5, 0.6) is 0 Å². The Labute approximate surface area is 57.6 Å². The Morgan fingerprint density at radius 2 is 1.89 bits per heavy atom. The first-order valence-corrected chi connectivity index (χ1v) is 3.20. The summed E-state index contributed by atoms with van der Waals surface area (Å²) in [4.78, 5) is 0. The summed E-state index contributed by atoms with van der Waals surface area (Å²) in [6, 6.07) is 0. The van der Waals surface area contributed by atoms with Crippen molar-refractivity contribution < 1.29 is 0 Å². The SMILES string of the molecule is C=C/C(C)=C(\C=C)CC. The van der Waals surface area contributed by atoms with Gasteiger partial charge in [0.05, 0.1) is 0 Å². The highest BCUT2D eigenvalue weighted by atomic mass is 13.9. The third kappa shape index (κ3) is 2.31. The third-order valence-electron chi connectivity index (χ3n) is 1.44. The normalized spacial score (nSPS) is 12.2. The summed E-state index contributed by atoms with van der Waals surface area (Å²) in [6.45, 7) is 11.5. The van der Waals surface area contributed by atoms with Gasteiger partial charge in [-0.3, -0.25) is 0 Å². The van der Waals surface area contributed by atoms with Crippen LogP contribution in [0.3, 0.4) is 0 Å². The summed E-state index contributed by atoms with van der Waals surface area (Å²) in [6.07, 6.45) is 4.79. The molecular weight excluding hydrogens is 108 g/mol. The maximum absolute atomic E-state index is 3.70. The van der Waals surface area contributed by atoms with Crippen LogP contribution in [-0.4, -0.2) is 0 Å². The van der Waals surface area contributed by atoms with Gasteiger partial charge in [0.2, 0.25) is 0 Å². The van der Waals surface area contributed by atoms with Crippen molar-refractivity contribution in [3.8, 4) is 0 Å². The van der Waals surface area contributed by atoms with E-state index >= 15 is 0 Å². The summed E-state index contributed by atoms with van der Waals surface area (Å²) in [7, 11) is 0. The molecular formula is C9H14. The van der Waals surface area contributed by atoms with Gasteiger partial charge in [-0.05, 0) is 24.5 Å². The van der Waals surface area contributed by atoms with Crippen LogP contribution in [0.4, 0.5) is 0 Å². The van der Waals surface area contributed by atoms with Crippen molar-refractivity contribution in [3.05, 3.63) is 36.5 Å². The van der Waals surface area contributed by atoms with Gasteiger partial charge in [-0.15, -0.1) is 0 Å². The molecule has 0 radical (unpaired) electrons. The molecule has 0 bridgehead atoms. The maximum Gasteiger partial charge on any atom is -0.0305 e. The van der Waals surface area contributed by atoms with Crippen LogP contribution in [-0.2, 0) is 0 Å². The van der Waals surface area contributed by atoms with Gasteiger partial charge in [-0.25, -0.2) is 0 Å². The van der Waals surface area contributed by atoms with Gasteiger partial charge in [-0.2, -0.15) is 0 Å². The molecule has 0 spiro atoms. The quantitative estimate of drug-likeness (QED) is 0.504. The molecule has 0 aliphatic heterocycles. The molecule has 0 aromatic rings. The molecule has 0 amide bonds. The van der Waals surface area contributed by atoms with Crippen LogP contribution in [0.1, 0.15) is 20.3 Å². The Balaban J connectivity index is 4.36. The second-order valence-electron chi connectivity index (χ2n) is 1.97. The summed E-state index contributed by atoms with van der Waals surface area (Å²) < 4.78 is 0. The molecule has 0 aromatic heterocycles. The number of rotatable bonds is 3. The maximum atomic E-state index is 3.70. The van der Waals surface area contributed by atoms with Crippen LogP contribution in [0, 0.1) is 0 Å². The standard InChI is InChI=1S/C9H14/c1-5-8(4)9(6-2)7-3/h5-6H,1-2,7H2,3-4H3/b9-8+. The van der Waals surface area contributed by atoms with Crippen molar-refractivity contribution in [2.75, 3.05) is 0 Å². The highest BCUT2D eigenvalue weighted by molar-refractivity contribution is 5.28. The Kier molecular flexibility index (Phi) is 3.78. The second kappa shape index (κ2) is 4.13. The van der Waals surface area contributed by atoms with E-state index in [4.69, 9.17) is 0 Å². The van der Waals surface area contributed by atoms with E-state index in [2.05, 4.69) is 20.1 Å². The molecule has 0 aromatic carbocycles. The summed E-state index contributed by atoms with van der Waals surface area (Å²) in [5.74, 6) is 0. The average Bonchev–Trinajstić information content (AvgIpc) is 1.90. The molecule has 0 rings (SSSR count). The average molecular weight is 122 g/mol. The Bertz CT molecular complexity index is 138. The fraction of sp³-hybridized carbons (Fsp3) is 0.333. The van der Waals surface area contributed by atoms with Gasteiger partial charge in [0.25, 0.3) is 0 Å². The van der Waals surface area contributed by atoms with E-state index in [1.807, 2.05) is 19.1 Å². The largest absolute Gasteiger partial charge is 0.0988 e. The summed E-state index contributed by atoms with van der Waals surface area (Å²) in [5, 5.41) is 0. The lowest BCUT2D eigenvalue weighted by atomic mass is 10.1. The minimum Gasteiger partial charge on any atom is -0.0988 e. The van der Waals surface area contributed by atoms with Gasteiger partial charge in [0.15, 0.2) is 0 Å². The second-order valence-corrected chi connectivity index (χ2v) is 1.97. The number of allylic oxidation sites excluding steroid dienone is 4. The van der Waals surface area contributed by atoms with Crippen LogP contribution in [0.25, 0.3) is 0 Å². The topological polar surface area (TPSA) is 0 Å². The third-order valence-corrected chi connectivity index (χ3v) is 1.44. The minimum atomic E-state index is 1.04. The lowest BCUT2D eigenvalue weighted by molar-refractivity contribution is 1.12. The van der Waals surface area contributed by atoms with E-state index in [0.717, 1.165) is 6.42 Å². The molecule has 0 saturated carbocycles. The van der Waals surface area contributed by atoms with Gasteiger partial charge in [0.1, 0.15) is 0 Å². The summed E-state index contributed by atoms with van der Waals surface area (Å²) >= 11 is 0. The summed E-state index contributed by atoms with van der Waals surface area (Å²) in [5.41, 5.74) is 2.51. The van der Waals surface area contributed by atoms with Crippen LogP contribution in [0.15, 0.2) is 36.5 Å². The van der Waals surface area contributed by atoms with Gasteiger partial charge in [0, 0.05) is 0 Å². The molecule has 50 valence electrons. The fourth-order valence-electron chi connectivity index (χ4n) is 0.715. The van der Waals surface area contributed by atoms with E-state index in [9.17, 15) is 0 Å². The Morgan fingerprint density at radius 1 is 1.33 bits per heavy atom. The van der Waals surface area contributed by atoms with Crippen LogP contribution < -0.4 is 0 Å². The molecule has 0 aliphatic carbocycles. The van der Waals surface area contributed by atoms with Crippen molar-refractivity contribution in [2.45, 2.75) is 20.3 Å². The van der Waals surface area contributed by atoms with Crippen molar-refractivity contribution in [1.29, 1.82) is 0 Å². The molecule has 0 N–H and O–H groups in total. The van der Waals surface area contributed by atoms with Crippen LogP contribution >= 0.6 is 0 Å². The van der Waals surface area contributed by atoms with E-state index < -0.39 is 0 Å². The van der Waals surface area contributed by atoms with Gasteiger partial charge in [-0.1, -0.05) is 32.2 Å². The highest BCUT2D eigenvalue weighted by Gasteiger charge is 1.88. The Morgan fingerprint density at radius 3 is 2.00 bits per heavy atom.